The normalized spacial score (nSPS) is 31.9. The molecule has 2 aliphatic heterocycles. The molecule has 0 aromatic carbocycles. The maximum atomic E-state index is 12.4. The molecular formula is C17H30N2O. The molecule has 2 atom stereocenters. The second kappa shape index (κ2) is 6.93. The van der Waals surface area contributed by atoms with Crippen molar-refractivity contribution in [3.05, 3.63) is 0 Å². The van der Waals surface area contributed by atoms with Crippen molar-refractivity contribution in [2.45, 2.75) is 57.8 Å². The predicted molar refractivity (Wildman–Crippen MR) is 81.5 cm³/mol. The predicted octanol–water partition coefficient (Wildman–Crippen LogP) is 2.80. The van der Waals surface area contributed by atoms with Gasteiger partial charge in [-0.1, -0.05) is 19.3 Å². The van der Waals surface area contributed by atoms with Gasteiger partial charge in [-0.2, -0.15) is 0 Å². The molecule has 0 bridgehead atoms. The van der Waals surface area contributed by atoms with Crippen LogP contribution in [0.3, 0.4) is 0 Å². The minimum absolute atomic E-state index is 0.438. The lowest BCUT2D eigenvalue weighted by Crippen LogP contribution is -2.44. The molecule has 0 radical (unpaired) electrons. The second-order valence-corrected chi connectivity index (χ2v) is 7.17. The van der Waals surface area contributed by atoms with Crippen molar-refractivity contribution < 1.29 is 4.79 Å². The molecule has 114 valence electrons. The van der Waals surface area contributed by atoms with Crippen molar-refractivity contribution >= 4 is 5.91 Å². The van der Waals surface area contributed by atoms with E-state index in [2.05, 4.69) is 10.2 Å². The molecule has 1 saturated carbocycles. The zero-order valence-electron chi connectivity index (χ0n) is 12.8. The number of nitrogens with zero attached hydrogens (tertiary/aromatic N) is 1. The van der Waals surface area contributed by atoms with Crippen LogP contribution >= 0.6 is 0 Å². The lowest BCUT2D eigenvalue weighted by molar-refractivity contribution is -0.134. The van der Waals surface area contributed by atoms with Crippen LogP contribution in [0.15, 0.2) is 0 Å². The van der Waals surface area contributed by atoms with E-state index in [4.69, 9.17) is 0 Å². The average Bonchev–Trinajstić information content (AvgIpc) is 2.53. The van der Waals surface area contributed by atoms with Crippen LogP contribution in [-0.2, 0) is 4.79 Å². The summed E-state index contributed by atoms with van der Waals surface area (Å²) in [6.07, 6.45) is 11.3. The van der Waals surface area contributed by atoms with Crippen LogP contribution in [-0.4, -0.2) is 37.0 Å². The van der Waals surface area contributed by atoms with Crippen LogP contribution < -0.4 is 5.32 Å². The van der Waals surface area contributed by atoms with Gasteiger partial charge < -0.3 is 10.2 Å². The van der Waals surface area contributed by atoms with Gasteiger partial charge in [0.1, 0.15) is 0 Å². The zero-order chi connectivity index (χ0) is 13.8. The van der Waals surface area contributed by atoms with Crippen LogP contribution in [0, 0.1) is 17.8 Å². The smallest absolute Gasteiger partial charge is 0.222 e. The van der Waals surface area contributed by atoms with Crippen LogP contribution in [0.5, 0.6) is 0 Å². The highest BCUT2D eigenvalue weighted by atomic mass is 16.2. The van der Waals surface area contributed by atoms with Crippen molar-refractivity contribution in [2.75, 3.05) is 26.2 Å². The van der Waals surface area contributed by atoms with Gasteiger partial charge >= 0.3 is 0 Å². The Hall–Kier alpha value is -0.570. The first kappa shape index (κ1) is 14.4. The molecule has 1 amide bonds. The van der Waals surface area contributed by atoms with Gasteiger partial charge in [0.2, 0.25) is 5.91 Å². The highest BCUT2D eigenvalue weighted by molar-refractivity contribution is 5.76. The number of hydrogen-bond acceptors (Lipinski definition) is 2. The summed E-state index contributed by atoms with van der Waals surface area (Å²) in [5.74, 6) is 2.97. The summed E-state index contributed by atoms with van der Waals surface area (Å²) in [7, 11) is 0. The highest BCUT2D eigenvalue weighted by Crippen LogP contribution is 2.36. The van der Waals surface area contributed by atoms with Crippen LogP contribution in [0.4, 0.5) is 0 Å². The number of likely N-dealkylation sites (tertiary alicyclic amines) is 1. The van der Waals surface area contributed by atoms with Crippen LogP contribution in [0.25, 0.3) is 0 Å². The SMILES string of the molecule is O=C(CCC1CCNCC1)N1CCC2CCCCC2C1. The number of nitrogens with one attached hydrogen (secondary N) is 1. The summed E-state index contributed by atoms with van der Waals surface area (Å²) in [4.78, 5) is 14.6. The standard InChI is InChI=1S/C17H30N2O/c20-17(6-5-14-7-10-18-11-8-14)19-12-9-15-3-1-2-4-16(15)13-19/h14-16,18H,1-13H2. The molecule has 3 aliphatic rings. The average molecular weight is 278 g/mol. The molecule has 2 unspecified atom stereocenters. The Balaban J connectivity index is 1.42. The first-order valence-electron chi connectivity index (χ1n) is 8.81. The molecule has 0 spiro atoms. The van der Waals surface area contributed by atoms with Gasteiger partial charge in [0, 0.05) is 19.5 Å². The first-order valence-corrected chi connectivity index (χ1v) is 8.81. The molecule has 3 fully saturated rings. The maximum absolute atomic E-state index is 12.4. The topological polar surface area (TPSA) is 32.3 Å². The lowest BCUT2D eigenvalue weighted by Gasteiger charge is -2.41. The Labute approximate surface area is 123 Å². The van der Waals surface area contributed by atoms with Gasteiger partial charge in [-0.05, 0) is 62.9 Å². The lowest BCUT2D eigenvalue weighted by atomic mass is 9.75. The number of piperidine rings is 2. The number of carbonyl (C=O) groups excluding carboxylic acids is 1. The third-order valence-corrected chi connectivity index (χ3v) is 5.87. The van der Waals surface area contributed by atoms with E-state index in [0.717, 1.165) is 56.8 Å². The number of fused-ring (bicyclic) bond motifs is 1. The molecule has 3 nitrogen and oxygen atoms in total. The first-order chi connectivity index (χ1) is 9.83. The third kappa shape index (κ3) is 3.55. The molecule has 1 aliphatic carbocycles. The molecule has 20 heavy (non-hydrogen) atoms. The van der Waals surface area contributed by atoms with Crippen molar-refractivity contribution in [1.29, 1.82) is 0 Å². The fourth-order valence-electron chi connectivity index (χ4n) is 4.48. The van der Waals surface area contributed by atoms with Crippen molar-refractivity contribution in [2.24, 2.45) is 17.8 Å². The van der Waals surface area contributed by atoms with E-state index in [1.807, 2.05) is 0 Å². The van der Waals surface area contributed by atoms with Gasteiger partial charge in [0.25, 0.3) is 0 Å². The van der Waals surface area contributed by atoms with Gasteiger partial charge in [-0.15, -0.1) is 0 Å². The highest BCUT2D eigenvalue weighted by Gasteiger charge is 2.32. The number of carbonyl (C=O) groups is 1. The minimum Gasteiger partial charge on any atom is -0.342 e. The van der Waals surface area contributed by atoms with Crippen LogP contribution in [0.1, 0.15) is 57.8 Å². The van der Waals surface area contributed by atoms with Gasteiger partial charge in [0.15, 0.2) is 0 Å². The number of rotatable bonds is 3. The Morgan fingerprint density at radius 1 is 1.00 bits per heavy atom. The molecule has 1 N–H and O–H groups in total. The molecule has 2 heterocycles. The maximum Gasteiger partial charge on any atom is 0.222 e. The van der Waals surface area contributed by atoms with Gasteiger partial charge in [0.05, 0.1) is 0 Å². The van der Waals surface area contributed by atoms with E-state index in [0.29, 0.717) is 5.91 Å². The van der Waals surface area contributed by atoms with E-state index in [9.17, 15) is 4.79 Å². The Morgan fingerprint density at radius 3 is 2.55 bits per heavy atom. The summed E-state index contributed by atoms with van der Waals surface area (Å²) in [5, 5.41) is 3.40. The quantitative estimate of drug-likeness (QED) is 0.861. The fourth-order valence-corrected chi connectivity index (χ4v) is 4.48. The summed E-state index contributed by atoms with van der Waals surface area (Å²) < 4.78 is 0. The van der Waals surface area contributed by atoms with E-state index in [-0.39, 0.29) is 0 Å². The van der Waals surface area contributed by atoms with Gasteiger partial charge in [-0.25, -0.2) is 0 Å². The number of hydrogen-bond donors (Lipinski definition) is 1. The summed E-state index contributed by atoms with van der Waals surface area (Å²) in [6, 6.07) is 0. The van der Waals surface area contributed by atoms with E-state index in [1.54, 1.807) is 0 Å². The largest absolute Gasteiger partial charge is 0.342 e. The summed E-state index contributed by atoms with van der Waals surface area (Å²) >= 11 is 0. The number of amides is 1. The summed E-state index contributed by atoms with van der Waals surface area (Å²) in [5.41, 5.74) is 0. The molecule has 3 rings (SSSR count). The fraction of sp³-hybridized carbons (Fsp3) is 0.941. The molecule has 0 aromatic rings. The monoisotopic (exact) mass is 278 g/mol. The molecular weight excluding hydrogens is 248 g/mol. The Bertz CT molecular complexity index is 325. The molecule has 0 aromatic heterocycles. The van der Waals surface area contributed by atoms with E-state index < -0.39 is 0 Å². The molecule has 2 saturated heterocycles. The van der Waals surface area contributed by atoms with E-state index >= 15 is 0 Å². The van der Waals surface area contributed by atoms with Crippen molar-refractivity contribution in [3.63, 3.8) is 0 Å². The molecule has 3 heteroatoms. The van der Waals surface area contributed by atoms with Crippen molar-refractivity contribution in [3.8, 4) is 0 Å². The van der Waals surface area contributed by atoms with Crippen molar-refractivity contribution in [1.82, 2.24) is 10.2 Å². The van der Waals surface area contributed by atoms with Gasteiger partial charge in [-0.3, -0.25) is 4.79 Å². The Kier molecular flexibility index (Phi) is 4.98. The zero-order valence-corrected chi connectivity index (χ0v) is 12.8. The third-order valence-electron chi connectivity index (χ3n) is 5.87. The Morgan fingerprint density at radius 2 is 1.75 bits per heavy atom. The summed E-state index contributed by atoms with van der Waals surface area (Å²) in [6.45, 7) is 4.39. The second-order valence-electron chi connectivity index (χ2n) is 7.17. The minimum atomic E-state index is 0.438. The van der Waals surface area contributed by atoms with E-state index in [1.165, 1.54) is 44.9 Å². The van der Waals surface area contributed by atoms with Crippen LogP contribution in [0.2, 0.25) is 0 Å².